The van der Waals surface area contributed by atoms with Gasteiger partial charge in [-0.25, -0.2) is 14.8 Å². The molecule has 1 N–H and O–H groups in total. The van der Waals surface area contributed by atoms with E-state index in [-0.39, 0.29) is 22.4 Å². The van der Waals surface area contributed by atoms with E-state index in [1.807, 2.05) is 19.9 Å². The second-order valence-corrected chi connectivity index (χ2v) is 8.56. The number of methoxy groups -OCH3 is 1. The predicted molar refractivity (Wildman–Crippen MR) is 123 cm³/mol. The summed E-state index contributed by atoms with van der Waals surface area (Å²) in [5, 5.41) is 13.5. The van der Waals surface area contributed by atoms with Gasteiger partial charge in [0, 0.05) is 12.6 Å². The van der Waals surface area contributed by atoms with Gasteiger partial charge in [-0.05, 0) is 51.5 Å². The van der Waals surface area contributed by atoms with Crippen LogP contribution in [0.25, 0.3) is 10.9 Å². The molecule has 0 saturated heterocycles. The molecule has 0 unspecified atom stereocenters. The molecule has 0 saturated carbocycles. The molecular formula is C23H24ClN5O3. The molecule has 2 heterocycles. The minimum atomic E-state index is -0.959. The average Bonchev–Trinajstić information content (AvgIpc) is 2.76. The number of nitrogens with zero attached hydrogens (tertiary/aromatic N) is 4. The molecule has 0 aliphatic rings. The zero-order valence-corrected chi connectivity index (χ0v) is 19.5. The molecule has 0 fully saturated rings. The third-order valence-corrected chi connectivity index (χ3v) is 5.48. The molecule has 3 rings (SSSR count). The van der Waals surface area contributed by atoms with E-state index >= 15 is 0 Å². The molecular weight excluding hydrogens is 430 g/mol. The summed E-state index contributed by atoms with van der Waals surface area (Å²) in [5.41, 5.74) is 1.43. The van der Waals surface area contributed by atoms with Crippen LogP contribution in [0.2, 0.25) is 5.15 Å². The van der Waals surface area contributed by atoms with Gasteiger partial charge in [-0.2, -0.15) is 5.26 Å². The summed E-state index contributed by atoms with van der Waals surface area (Å²) in [6, 6.07) is 8.78. The third-order valence-electron chi connectivity index (χ3n) is 5.27. The number of nitrogens with one attached hydrogen (secondary N) is 1. The molecule has 0 aliphatic carbocycles. The summed E-state index contributed by atoms with van der Waals surface area (Å²) in [4.78, 5) is 34.1. The number of halogens is 1. The van der Waals surface area contributed by atoms with Crippen molar-refractivity contribution < 1.29 is 9.53 Å². The Morgan fingerprint density at radius 1 is 1.31 bits per heavy atom. The Bertz CT molecular complexity index is 1320. The highest BCUT2D eigenvalue weighted by Gasteiger charge is 2.27. The van der Waals surface area contributed by atoms with Crippen molar-refractivity contribution in [3.05, 3.63) is 62.4 Å². The summed E-state index contributed by atoms with van der Waals surface area (Å²) in [6.07, 6.45) is 0. The molecule has 166 valence electrons. The lowest BCUT2D eigenvalue weighted by Crippen LogP contribution is -2.31. The second-order valence-electron chi connectivity index (χ2n) is 8.17. The Labute approximate surface area is 190 Å². The largest absolute Gasteiger partial charge is 0.464 e. The SMILES string of the molecule is COC(=O)c1nc(Cl)ccc1N[C@H](C)c1cc(C)cc2c(=O)n(C)c(C(C)(C)C#N)nc12. The molecule has 0 amide bonds. The number of nitriles is 1. The van der Waals surface area contributed by atoms with Crippen molar-refractivity contribution in [2.75, 3.05) is 12.4 Å². The molecule has 0 radical (unpaired) electrons. The molecule has 0 spiro atoms. The fraction of sp³-hybridized carbons (Fsp3) is 0.348. The number of hydrogen-bond acceptors (Lipinski definition) is 7. The smallest absolute Gasteiger partial charge is 0.358 e. The van der Waals surface area contributed by atoms with Crippen LogP contribution >= 0.6 is 11.6 Å². The van der Waals surface area contributed by atoms with Crippen molar-refractivity contribution in [3.8, 4) is 6.07 Å². The fourth-order valence-corrected chi connectivity index (χ4v) is 3.75. The zero-order chi connectivity index (χ0) is 23.8. The van der Waals surface area contributed by atoms with Gasteiger partial charge in [0.15, 0.2) is 5.69 Å². The topological polar surface area (TPSA) is 110 Å². The van der Waals surface area contributed by atoms with E-state index in [9.17, 15) is 14.9 Å². The zero-order valence-electron chi connectivity index (χ0n) is 18.8. The Kier molecular flexibility index (Phi) is 6.24. The van der Waals surface area contributed by atoms with E-state index in [2.05, 4.69) is 16.4 Å². The van der Waals surface area contributed by atoms with Gasteiger partial charge in [0.1, 0.15) is 16.4 Å². The highest BCUT2D eigenvalue weighted by atomic mass is 35.5. The Morgan fingerprint density at radius 3 is 2.62 bits per heavy atom. The second kappa shape index (κ2) is 8.60. The molecule has 32 heavy (non-hydrogen) atoms. The maximum atomic E-state index is 13.1. The van der Waals surface area contributed by atoms with Crippen molar-refractivity contribution >= 4 is 34.2 Å². The quantitative estimate of drug-likeness (QED) is 0.458. The molecule has 0 bridgehead atoms. The summed E-state index contributed by atoms with van der Waals surface area (Å²) >= 11 is 5.96. The lowest BCUT2D eigenvalue weighted by molar-refractivity contribution is 0.0595. The lowest BCUT2D eigenvalue weighted by atomic mass is 9.93. The standard InChI is InChI=1S/C23H24ClN5O3/c1-12-9-14(13(2)26-16-7-8-17(24)27-19(16)21(31)32-6)18-15(10-12)20(30)29(5)22(28-18)23(3,4)11-25/h7-10,13,26H,1-6H3/t13-/m1/s1. The number of anilines is 1. The highest BCUT2D eigenvalue weighted by Crippen LogP contribution is 2.29. The van der Waals surface area contributed by atoms with E-state index in [1.165, 1.54) is 11.7 Å². The van der Waals surface area contributed by atoms with Crippen molar-refractivity contribution in [2.45, 2.75) is 39.2 Å². The van der Waals surface area contributed by atoms with Crippen LogP contribution in [0, 0.1) is 18.3 Å². The van der Waals surface area contributed by atoms with Crippen molar-refractivity contribution in [2.24, 2.45) is 7.05 Å². The molecule has 9 heteroatoms. The molecule has 8 nitrogen and oxygen atoms in total. The molecule has 2 aromatic heterocycles. The van der Waals surface area contributed by atoms with Crippen LogP contribution in [-0.2, 0) is 17.2 Å². The minimum absolute atomic E-state index is 0.0546. The van der Waals surface area contributed by atoms with Gasteiger partial charge in [-0.1, -0.05) is 17.7 Å². The number of pyridine rings is 1. The first-order valence-electron chi connectivity index (χ1n) is 9.94. The maximum Gasteiger partial charge on any atom is 0.358 e. The number of esters is 1. The average molecular weight is 454 g/mol. The highest BCUT2D eigenvalue weighted by molar-refractivity contribution is 6.29. The molecule has 3 aromatic rings. The van der Waals surface area contributed by atoms with E-state index in [0.717, 1.165) is 11.1 Å². The normalized spacial score (nSPS) is 12.3. The van der Waals surface area contributed by atoms with Gasteiger partial charge < -0.3 is 10.1 Å². The maximum absolute atomic E-state index is 13.1. The molecule has 0 aliphatic heterocycles. The summed E-state index contributed by atoms with van der Waals surface area (Å²) in [7, 11) is 2.89. The predicted octanol–water partition coefficient (Wildman–Crippen LogP) is 4.05. The van der Waals surface area contributed by atoms with Crippen LogP contribution in [0.1, 0.15) is 54.3 Å². The van der Waals surface area contributed by atoms with Crippen LogP contribution in [0.3, 0.4) is 0 Å². The lowest BCUT2D eigenvalue weighted by Gasteiger charge is -2.22. The van der Waals surface area contributed by atoms with Gasteiger partial charge in [0.2, 0.25) is 0 Å². The van der Waals surface area contributed by atoms with Gasteiger partial charge in [0.25, 0.3) is 5.56 Å². The van der Waals surface area contributed by atoms with Crippen LogP contribution in [0.5, 0.6) is 0 Å². The monoisotopic (exact) mass is 453 g/mol. The number of benzene rings is 1. The first-order chi connectivity index (χ1) is 15.0. The number of carbonyl (C=O) groups excluding carboxylic acids is 1. The first-order valence-corrected chi connectivity index (χ1v) is 10.3. The van der Waals surface area contributed by atoms with Crippen LogP contribution in [0.15, 0.2) is 29.1 Å². The van der Waals surface area contributed by atoms with Crippen molar-refractivity contribution in [3.63, 3.8) is 0 Å². The Morgan fingerprint density at radius 2 is 2.00 bits per heavy atom. The summed E-state index contributed by atoms with van der Waals surface area (Å²) in [6.45, 7) is 7.22. The minimum Gasteiger partial charge on any atom is -0.464 e. The third kappa shape index (κ3) is 4.16. The van der Waals surface area contributed by atoms with E-state index in [0.29, 0.717) is 22.4 Å². The number of aromatic nitrogens is 3. The van der Waals surface area contributed by atoms with E-state index in [4.69, 9.17) is 21.3 Å². The Hall–Kier alpha value is -3.44. The fourth-order valence-electron chi connectivity index (χ4n) is 3.61. The number of rotatable bonds is 5. The van der Waals surface area contributed by atoms with Gasteiger partial charge in [0.05, 0.1) is 35.8 Å². The summed E-state index contributed by atoms with van der Waals surface area (Å²) in [5.74, 6) is -0.250. The Balaban J connectivity index is 2.20. The number of ether oxygens (including phenoxy) is 1. The molecule has 1 atom stereocenters. The number of hydrogen-bond donors (Lipinski definition) is 1. The number of fused-ring (bicyclic) bond motifs is 1. The van der Waals surface area contributed by atoms with Gasteiger partial charge in [-0.3, -0.25) is 9.36 Å². The van der Waals surface area contributed by atoms with Crippen LogP contribution in [-0.4, -0.2) is 27.6 Å². The molecule has 1 aromatic carbocycles. The number of carbonyl (C=O) groups is 1. The van der Waals surface area contributed by atoms with Crippen LogP contribution in [0.4, 0.5) is 5.69 Å². The van der Waals surface area contributed by atoms with Crippen LogP contribution < -0.4 is 10.9 Å². The van der Waals surface area contributed by atoms with Crippen molar-refractivity contribution in [1.29, 1.82) is 5.26 Å². The van der Waals surface area contributed by atoms with E-state index < -0.39 is 11.4 Å². The van der Waals surface area contributed by atoms with Crippen molar-refractivity contribution in [1.82, 2.24) is 14.5 Å². The van der Waals surface area contributed by atoms with Gasteiger partial charge in [-0.15, -0.1) is 0 Å². The first kappa shape index (κ1) is 23.2. The summed E-state index contributed by atoms with van der Waals surface area (Å²) < 4.78 is 6.24. The number of aryl methyl sites for hydroxylation is 1. The van der Waals surface area contributed by atoms with Gasteiger partial charge >= 0.3 is 5.97 Å². The van der Waals surface area contributed by atoms with E-state index in [1.54, 1.807) is 39.1 Å².